The molecule has 0 radical (unpaired) electrons. The van der Waals surface area contributed by atoms with Gasteiger partial charge in [0.15, 0.2) is 0 Å². The van der Waals surface area contributed by atoms with Gasteiger partial charge < -0.3 is 10.2 Å². The summed E-state index contributed by atoms with van der Waals surface area (Å²) in [7, 11) is 0. The molecular weight excluding hydrogens is 218 g/mol. The topological polar surface area (TPSA) is 81.6 Å². The molecule has 0 aliphatic heterocycles. The highest BCUT2D eigenvalue weighted by Crippen LogP contribution is 2.09. The van der Waals surface area contributed by atoms with Gasteiger partial charge in [-0.25, -0.2) is 4.79 Å². The second-order valence-electron chi connectivity index (χ2n) is 3.30. The van der Waals surface area contributed by atoms with Crippen LogP contribution < -0.4 is 0 Å². The zero-order valence-corrected chi connectivity index (χ0v) is 9.86. The molecule has 0 heterocycles. The predicted molar refractivity (Wildman–Crippen MR) is 65.0 cm³/mol. The van der Waals surface area contributed by atoms with Crippen molar-refractivity contribution in [1.82, 2.24) is 0 Å². The third kappa shape index (κ3) is 4.49. The summed E-state index contributed by atoms with van der Waals surface area (Å²) in [5.74, 6) is -0.578. The van der Waals surface area contributed by atoms with Crippen molar-refractivity contribution in [1.29, 1.82) is 5.26 Å². The Morgan fingerprint density at radius 2 is 2.00 bits per heavy atom. The molecule has 4 nitrogen and oxygen atoms in total. The predicted octanol–water partition coefficient (Wildman–Crippen LogP) is 1.64. The van der Waals surface area contributed by atoms with Gasteiger partial charge in [-0.3, -0.25) is 0 Å². The van der Waals surface area contributed by atoms with Crippen molar-refractivity contribution in [2.45, 2.75) is 13.8 Å². The lowest BCUT2D eigenvalue weighted by Gasteiger charge is -2.00. The van der Waals surface area contributed by atoms with Crippen molar-refractivity contribution >= 4 is 12.0 Å². The average molecular weight is 233 g/mol. The number of carbonyl (C=O) groups is 1. The lowest BCUT2D eigenvalue weighted by molar-refractivity contribution is -0.137. The van der Waals surface area contributed by atoms with Crippen molar-refractivity contribution in [2.24, 2.45) is 0 Å². The van der Waals surface area contributed by atoms with E-state index in [1.54, 1.807) is 6.92 Å². The van der Waals surface area contributed by atoms with Crippen LogP contribution in [0.3, 0.4) is 0 Å². The second kappa shape index (κ2) is 7.20. The zero-order valence-electron chi connectivity index (χ0n) is 9.86. The fourth-order valence-corrected chi connectivity index (χ4v) is 1.18. The minimum absolute atomic E-state index is 0. The summed E-state index contributed by atoms with van der Waals surface area (Å²) in [5, 5.41) is 8.82. The van der Waals surface area contributed by atoms with Gasteiger partial charge in [0.1, 0.15) is 11.6 Å². The number of nitrogens with zero attached hydrogens (tertiary/aromatic N) is 1. The minimum Gasteiger partial charge on any atom is -0.462 e. The average Bonchev–Trinajstić information content (AvgIpc) is 2.28. The highest BCUT2D eigenvalue weighted by molar-refractivity contribution is 5.97. The standard InChI is InChI=1S/C13H13NO2.H2O/c1-3-16-13(15)12(9-14)8-11-6-4-10(2)5-7-11;/h4-8H,3H2,1-2H3;1H2/b12-8+;. The molecule has 17 heavy (non-hydrogen) atoms. The Bertz CT molecular complexity index is 441. The number of benzene rings is 1. The molecule has 1 rings (SSSR count). The van der Waals surface area contributed by atoms with E-state index in [0.717, 1.165) is 11.1 Å². The molecule has 1 aromatic carbocycles. The first-order chi connectivity index (χ1) is 7.67. The van der Waals surface area contributed by atoms with E-state index in [9.17, 15) is 4.79 Å². The molecule has 0 aliphatic carbocycles. The van der Waals surface area contributed by atoms with E-state index in [1.165, 1.54) is 6.08 Å². The van der Waals surface area contributed by atoms with Gasteiger partial charge in [-0.15, -0.1) is 0 Å². The number of esters is 1. The molecule has 0 unspecified atom stereocenters. The van der Waals surface area contributed by atoms with Crippen LogP contribution in [0.2, 0.25) is 0 Å². The van der Waals surface area contributed by atoms with Crippen LogP contribution in [-0.4, -0.2) is 18.1 Å². The summed E-state index contributed by atoms with van der Waals surface area (Å²) in [6, 6.07) is 9.39. The summed E-state index contributed by atoms with van der Waals surface area (Å²) in [6.07, 6.45) is 1.53. The van der Waals surface area contributed by atoms with Crippen molar-refractivity contribution in [3.05, 3.63) is 41.0 Å². The molecule has 0 fully saturated rings. The first-order valence-electron chi connectivity index (χ1n) is 5.03. The Balaban J connectivity index is 0.00000256. The van der Waals surface area contributed by atoms with E-state index in [1.807, 2.05) is 37.3 Å². The van der Waals surface area contributed by atoms with Crippen LogP contribution in [0.25, 0.3) is 6.08 Å². The molecule has 0 bridgehead atoms. The first kappa shape index (κ1) is 14.9. The Morgan fingerprint density at radius 3 is 2.47 bits per heavy atom. The van der Waals surface area contributed by atoms with Crippen LogP contribution in [0.4, 0.5) is 0 Å². The van der Waals surface area contributed by atoms with Crippen molar-refractivity contribution < 1.29 is 15.0 Å². The summed E-state index contributed by atoms with van der Waals surface area (Å²) >= 11 is 0. The van der Waals surface area contributed by atoms with Crippen molar-refractivity contribution in [2.75, 3.05) is 6.61 Å². The van der Waals surface area contributed by atoms with E-state index in [-0.39, 0.29) is 17.7 Å². The van der Waals surface area contributed by atoms with E-state index < -0.39 is 5.97 Å². The van der Waals surface area contributed by atoms with Crippen LogP contribution in [0, 0.1) is 18.3 Å². The molecular formula is C13H15NO3. The Hall–Kier alpha value is -2.12. The van der Waals surface area contributed by atoms with E-state index in [2.05, 4.69) is 0 Å². The largest absolute Gasteiger partial charge is 0.462 e. The number of hydrogen-bond donors (Lipinski definition) is 0. The smallest absolute Gasteiger partial charge is 0.348 e. The molecule has 0 saturated carbocycles. The molecule has 2 N–H and O–H groups in total. The van der Waals surface area contributed by atoms with Crippen LogP contribution in [0.15, 0.2) is 29.8 Å². The highest BCUT2D eigenvalue weighted by Gasteiger charge is 2.09. The molecule has 90 valence electrons. The summed E-state index contributed by atoms with van der Waals surface area (Å²) in [5.41, 5.74) is 1.97. The Labute approximate surface area is 100 Å². The quantitative estimate of drug-likeness (QED) is 0.452. The number of hydrogen-bond acceptors (Lipinski definition) is 3. The fourth-order valence-electron chi connectivity index (χ4n) is 1.18. The highest BCUT2D eigenvalue weighted by atomic mass is 16.5. The molecule has 0 aromatic heterocycles. The molecule has 0 atom stereocenters. The molecule has 0 amide bonds. The zero-order chi connectivity index (χ0) is 12.0. The van der Waals surface area contributed by atoms with Gasteiger partial charge in [0.2, 0.25) is 0 Å². The van der Waals surface area contributed by atoms with E-state index in [0.29, 0.717) is 0 Å². The normalized spacial score (nSPS) is 10.1. The monoisotopic (exact) mass is 233 g/mol. The Morgan fingerprint density at radius 1 is 1.41 bits per heavy atom. The second-order valence-corrected chi connectivity index (χ2v) is 3.30. The third-order valence-electron chi connectivity index (χ3n) is 2.00. The van der Waals surface area contributed by atoms with E-state index >= 15 is 0 Å². The maximum atomic E-state index is 11.3. The van der Waals surface area contributed by atoms with Gasteiger partial charge in [0.25, 0.3) is 0 Å². The van der Waals surface area contributed by atoms with Gasteiger partial charge in [-0.1, -0.05) is 29.8 Å². The van der Waals surface area contributed by atoms with Gasteiger partial charge in [-0.2, -0.15) is 5.26 Å². The number of carbonyl (C=O) groups excluding carboxylic acids is 1. The third-order valence-corrected chi connectivity index (χ3v) is 2.00. The minimum atomic E-state index is -0.578. The van der Waals surface area contributed by atoms with Crippen LogP contribution >= 0.6 is 0 Å². The van der Waals surface area contributed by atoms with Crippen LogP contribution in [0.1, 0.15) is 18.1 Å². The van der Waals surface area contributed by atoms with Crippen molar-refractivity contribution in [3.8, 4) is 6.07 Å². The molecule has 0 spiro atoms. The summed E-state index contributed by atoms with van der Waals surface area (Å²) in [6.45, 7) is 3.95. The Kier molecular flexibility index (Phi) is 6.30. The molecule has 1 aromatic rings. The maximum absolute atomic E-state index is 11.3. The molecule has 0 saturated heterocycles. The number of rotatable bonds is 3. The molecule has 4 heteroatoms. The number of aryl methyl sites for hydroxylation is 1. The van der Waals surface area contributed by atoms with E-state index in [4.69, 9.17) is 10.00 Å². The first-order valence-corrected chi connectivity index (χ1v) is 5.03. The van der Waals surface area contributed by atoms with Gasteiger partial charge in [0, 0.05) is 0 Å². The van der Waals surface area contributed by atoms with Crippen LogP contribution in [-0.2, 0) is 9.53 Å². The summed E-state index contributed by atoms with van der Waals surface area (Å²) < 4.78 is 4.76. The van der Waals surface area contributed by atoms with Gasteiger partial charge in [0.05, 0.1) is 6.61 Å². The molecule has 0 aliphatic rings. The SMILES string of the molecule is CCOC(=O)/C(C#N)=C/c1ccc(C)cc1.O. The number of nitriles is 1. The lowest BCUT2D eigenvalue weighted by Crippen LogP contribution is -2.05. The van der Waals surface area contributed by atoms with Crippen molar-refractivity contribution in [3.63, 3.8) is 0 Å². The van der Waals surface area contributed by atoms with Crippen LogP contribution in [0.5, 0.6) is 0 Å². The lowest BCUT2D eigenvalue weighted by atomic mass is 10.1. The number of ether oxygens (including phenoxy) is 1. The van der Waals surface area contributed by atoms with Gasteiger partial charge in [-0.05, 0) is 25.5 Å². The fraction of sp³-hybridized carbons (Fsp3) is 0.231. The maximum Gasteiger partial charge on any atom is 0.348 e. The van der Waals surface area contributed by atoms with Gasteiger partial charge >= 0.3 is 5.97 Å². The summed E-state index contributed by atoms with van der Waals surface area (Å²) in [4.78, 5) is 11.3.